The van der Waals surface area contributed by atoms with Crippen molar-refractivity contribution in [2.75, 3.05) is 47.5 Å². The highest BCUT2D eigenvalue weighted by molar-refractivity contribution is 7.47. The summed E-state index contributed by atoms with van der Waals surface area (Å²) in [4.78, 5) is 35.8. The lowest BCUT2D eigenvalue weighted by Crippen LogP contribution is -2.37. The van der Waals surface area contributed by atoms with Crippen LogP contribution in [0.3, 0.4) is 0 Å². The third-order valence-corrected chi connectivity index (χ3v) is 14.5. The molecule has 0 amide bonds. The fourth-order valence-corrected chi connectivity index (χ4v) is 9.27. The number of carbonyl (C=O) groups excluding carboxylic acids is 2. The van der Waals surface area contributed by atoms with Gasteiger partial charge in [-0.1, -0.05) is 257 Å². The molecule has 458 valence electrons. The second-order valence-corrected chi connectivity index (χ2v) is 23.9. The van der Waals surface area contributed by atoms with Crippen LogP contribution in [-0.2, 0) is 32.7 Å². The molecule has 1 N–H and O–H groups in total. The lowest BCUT2D eigenvalue weighted by atomic mass is 10.0. The van der Waals surface area contributed by atoms with Crippen molar-refractivity contribution in [1.82, 2.24) is 0 Å². The maximum Gasteiger partial charge on any atom is 0.472 e. The lowest BCUT2D eigenvalue weighted by Gasteiger charge is -2.24. The normalized spacial score (nSPS) is 14.0. The van der Waals surface area contributed by atoms with Crippen LogP contribution in [0.25, 0.3) is 0 Å². The Morgan fingerprint density at radius 1 is 0.400 bits per heavy atom. The lowest BCUT2D eigenvalue weighted by molar-refractivity contribution is -0.870. The summed E-state index contributed by atoms with van der Waals surface area (Å²) < 4.78 is 34.7. The summed E-state index contributed by atoms with van der Waals surface area (Å²) in [7, 11) is 1.46. The summed E-state index contributed by atoms with van der Waals surface area (Å²) in [5, 5.41) is 0. The summed E-state index contributed by atoms with van der Waals surface area (Å²) in [5.41, 5.74) is 0. The van der Waals surface area contributed by atoms with E-state index in [-0.39, 0.29) is 32.0 Å². The number of allylic oxidation sites excluding steroid dienone is 20. The van der Waals surface area contributed by atoms with Gasteiger partial charge in [0.1, 0.15) is 19.8 Å². The van der Waals surface area contributed by atoms with Gasteiger partial charge in [0.25, 0.3) is 0 Å². The average Bonchev–Trinajstić information content (AvgIpc) is 3.42. The number of rotatable bonds is 58. The van der Waals surface area contributed by atoms with E-state index in [2.05, 4.69) is 135 Å². The third kappa shape index (κ3) is 63.6. The van der Waals surface area contributed by atoms with Crippen LogP contribution < -0.4 is 0 Å². The molecule has 0 radical (unpaired) electrons. The van der Waals surface area contributed by atoms with Crippen LogP contribution in [-0.4, -0.2) is 74.9 Å². The molecule has 10 heteroatoms. The monoisotopic (exact) mass is 1130 g/mol. The number of esters is 2. The van der Waals surface area contributed by atoms with E-state index in [0.717, 1.165) is 103 Å². The Morgan fingerprint density at radius 3 is 1.06 bits per heavy atom. The Balaban J connectivity index is 4.17. The van der Waals surface area contributed by atoms with Crippen LogP contribution in [0.4, 0.5) is 0 Å². The van der Waals surface area contributed by atoms with E-state index >= 15 is 0 Å². The summed E-state index contributed by atoms with van der Waals surface area (Å²) in [6, 6.07) is 0. The van der Waals surface area contributed by atoms with Gasteiger partial charge < -0.3 is 18.9 Å². The minimum absolute atomic E-state index is 0.0238. The van der Waals surface area contributed by atoms with Crippen molar-refractivity contribution >= 4 is 19.8 Å². The van der Waals surface area contributed by atoms with Gasteiger partial charge in [-0.15, -0.1) is 0 Å². The molecule has 0 aliphatic rings. The Labute approximate surface area is 492 Å². The van der Waals surface area contributed by atoms with Gasteiger partial charge in [-0.3, -0.25) is 18.6 Å². The minimum atomic E-state index is -4.40. The van der Waals surface area contributed by atoms with Gasteiger partial charge in [-0.2, -0.15) is 0 Å². The van der Waals surface area contributed by atoms with Crippen LogP contribution in [0, 0.1) is 0 Å². The highest BCUT2D eigenvalue weighted by atomic mass is 31.2. The number of likely N-dealkylation sites (N-methyl/N-ethyl adjacent to an activating group) is 1. The van der Waals surface area contributed by atoms with Gasteiger partial charge in [0.15, 0.2) is 6.10 Å². The van der Waals surface area contributed by atoms with Crippen molar-refractivity contribution in [3.63, 3.8) is 0 Å². The van der Waals surface area contributed by atoms with Crippen LogP contribution >= 0.6 is 7.82 Å². The first-order valence-corrected chi connectivity index (χ1v) is 33.8. The van der Waals surface area contributed by atoms with Gasteiger partial charge in [0.2, 0.25) is 0 Å². The molecule has 2 atom stereocenters. The van der Waals surface area contributed by atoms with Crippen molar-refractivity contribution in [3.05, 3.63) is 122 Å². The molecule has 0 aromatic rings. The van der Waals surface area contributed by atoms with Crippen molar-refractivity contribution in [3.8, 4) is 0 Å². The fourth-order valence-electron chi connectivity index (χ4n) is 8.53. The summed E-state index contributed by atoms with van der Waals surface area (Å²) >= 11 is 0. The zero-order chi connectivity index (χ0) is 58.4. The van der Waals surface area contributed by atoms with Crippen LogP contribution in [0.5, 0.6) is 0 Å². The van der Waals surface area contributed by atoms with Crippen molar-refractivity contribution in [2.45, 2.75) is 264 Å². The molecule has 0 heterocycles. The SMILES string of the molecule is CC/C=C\C/C=C\C/C=C\C/C=C\C/C=C\C/C=C\C/C=C\CCCCCCCCCCCC(=O)OC(COC(=O)CCCCCCCCCCCC/C=C\C/C=C\C/C=C\CCCCCCC)COP(=O)(O)OCC[N+](C)(C)C. The second kappa shape index (κ2) is 60.0. The largest absolute Gasteiger partial charge is 0.472 e. The molecule has 0 spiro atoms. The molecule has 80 heavy (non-hydrogen) atoms. The number of nitrogens with zero attached hydrogens (tertiary/aromatic N) is 1. The molecule has 0 saturated carbocycles. The highest BCUT2D eigenvalue weighted by Crippen LogP contribution is 2.43. The molecular formula is C70H121NO8P+. The number of ether oxygens (including phenoxy) is 2. The second-order valence-electron chi connectivity index (χ2n) is 22.4. The van der Waals surface area contributed by atoms with Gasteiger partial charge >= 0.3 is 19.8 Å². The Morgan fingerprint density at radius 2 is 0.713 bits per heavy atom. The number of unbranched alkanes of at least 4 members (excludes halogenated alkanes) is 24. The zero-order valence-corrected chi connectivity index (χ0v) is 52.9. The molecule has 0 rings (SSSR count). The van der Waals surface area contributed by atoms with Gasteiger partial charge in [0, 0.05) is 12.8 Å². The number of phosphoric acid groups is 1. The van der Waals surface area contributed by atoms with Crippen LogP contribution in [0.2, 0.25) is 0 Å². The van der Waals surface area contributed by atoms with Crippen molar-refractivity contribution < 1.29 is 42.1 Å². The molecule has 0 aromatic carbocycles. The predicted molar refractivity (Wildman–Crippen MR) is 344 cm³/mol. The van der Waals surface area contributed by atoms with Crippen LogP contribution in [0.15, 0.2) is 122 Å². The number of hydrogen-bond acceptors (Lipinski definition) is 7. The van der Waals surface area contributed by atoms with Gasteiger partial charge in [-0.05, 0) is 109 Å². The molecule has 0 bridgehead atoms. The fraction of sp³-hybridized carbons (Fsp3) is 0.686. The Bertz CT molecular complexity index is 1760. The Hall–Kier alpha value is -3.59. The van der Waals surface area contributed by atoms with Crippen molar-refractivity contribution in [1.29, 1.82) is 0 Å². The highest BCUT2D eigenvalue weighted by Gasteiger charge is 2.27. The van der Waals surface area contributed by atoms with E-state index in [0.29, 0.717) is 17.4 Å². The molecule has 0 saturated heterocycles. The van der Waals surface area contributed by atoms with E-state index in [9.17, 15) is 19.0 Å². The minimum Gasteiger partial charge on any atom is -0.462 e. The van der Waals surface area contributed by atoms with E-state index in [1.807, 2.05) is 21.1 Å². The molecule has 9 nitrogen and oxygen atoms in total. The molecule has 0 aliphatic heterocycles. The number of carbonyl (C=O) groups is 2. The number of phosphoric ester groups is 1. The maximum absolute atomic E-state index is 12.9. The summed E-state index contributed by atoms with van der Waals surface area (Å²) in [6.45, 7) is 4.30. The molecule has 0 aliphatic carbocycles. The number of hydrogen-bond donors (Lipinski definition) is 1. The van der Waals surface area contributed by atoms with E-state index in [1.54, 1.807) is 0 Å². The average molecular weight is 1140 g/mol. The maximum atomic E-state index is 12.9. The predicted octanol–water partition coefficient (Wildman–Crippen LogP) is 20.7. The smallest absolute Gasteiger partial charge is 0.462 e. The third-order valence-electron chi connectivity index (χ3n) is 13.5. The first-order valence-electron chi connectivity index (χ1n) is 32.3. The van der Waals surface area contributed by atoms with E-state index < -0.39 is 26.5 Å². The standard InChI is InChI=1S/C70H120NO8P/c1-6-8-10-12-14-16-18-20-22-24-26-28-30-32-33-34-35-36-37-39-41-43-45-47-49-51-53-55-57-59-61-63-70(73)79-68(67-78-80(74,75)77-65-64-71(3,4)5)66-76-69(72)62-60-58-56-54-52-50-48-46-44-42-40-38-31-29-27-25-23-21-19-17-15-13-11-9-7-2/h8,10,14,16,19-22,25-28,31-33,35-36,38-39,41,68H,6-7,9,11-13,15,17-18,23-24,29-30,34,37,40,42-67H2,1-5H3/p+1/b10-8-,16-14-,21-19-,22-20-,27-25-,28-26-,33-32-,36-35-,38-31-,41-39-. The van der Waals surface area contributed by atoms with Crippen molar-refractivity contribution in [2.24, 2.45) is 0 Å². The van der Waals surface area contributed by atoms with E-state index in [1.165, 1.54) is 122 Å². The van der Waals surface area contributed by atoms with Crippen LogP contribution in [0.1, 0.15) is 258 Å². The Kier molecular flexibility index (Phi) is 57.3. The molecule has 2 unspecified atom stereocenters. The van der Waals surface area contributed by atoms with Gasteiger partial charge in [0.05, 0.1) is 27.7 Å². The first-order chi connectivity index (χ1) is 39.0. The van der Waals surface area contributed by atoms with E-state index in [4.69, 9.17) is 18.5 Å². The topological polar surface area (TPSA) is 108 Å². The molecular weight excluding hydrogens is 1010 g/mol. The quantitative estimate of drug-likeness (QED) is 0.0211. The summed E-state index contributed by atoms with van der Waals surface area (Å²) in [6.07, 6.45) is 85.6. The zero-order valence-electron chi connectivity index (χ0n) is 52.0. The summed E-state index contributed by atoms with van der Waals surface area (Å²) in [5.74, 6) is -0.812. The number of quaternary nitrogens is 1. The van der Waals surface area contributed by atoms with Gasteiger partial charge in [-0.25, -0.2) is 4.57 Å². The molecule has 0 fully saturated rings. The molecule has 0 aromatic heterocycles. The first kappa shape index (κ1) is 76.4.